The molecule has 1 fully saturated rings. The highest BCUT2D eigenvalue weighted by molar-refractivity contribution is 5.56. The molecule has 3 heterocycles. The minimum atomic E-state index is 0.309. The van der Waals surface area contributed by atoms with Crippen LogP contribution in [0, 0.1) is 13.8 Å². The van der Waals surface area contributed by atoms with Gasteiger partial charge in [0.05, 0.1) is 0 Å². The van der Waals surface area contributed by atoms with Crippen LogP contribution in [0.1, 0.15) is 42.5 Å². The molecule has 0 bridgehead atoms. The van der Waals surface area contributed by atoms with Crippen LogP contribution in [0.5, 0.6) is 5.88 Å². The molecular formula is C22H25N5O. The molecule has 0 atom stereocenters. The lowest BCUT2D eigenvalue weighted by Gasteiger charge is -2.14. The fraction of sp³-hybridized carbons (Fsp3) is 0.364. The largest absolute Gasteiger partial charge is 0.474 e. The van der Waals surface area contributed by atoms with Gasteiger partial charge in [-0.25, -0.2) is 15.0 Å². The Bertz CT molecular complexity index is 939. The summed E-state index contributed by atoms with van der Waals surface area (Å²) in [5.74, 6) is 2.16. The summed E-state index contributed by atoms with van der Waals surface area (Å²) >= 11 is 0. The molecule has 1 N–H and O–H groups in total. The van der Waals surface area contributed by atoms with E-state index >= 15 is 0 Å². The fourth-order valence-corrected chi connectivity index (χ4v) is 3.40. The molecule has 0 aromatic carbocycles. The van der Waals surface area contributed by atoms with Crippen molar-refractivity contribution in [2.45, 2.75) is 52.2 Å². The molecule has 144 valence electrons. The van der Waals surface area contributed by atoms with Crippen molar-refractivity contribution < 1.29 is 4.74 Å². The number of aryl methyl sites for hydroxylation is 1. The van der Waals surface area contributed by atoms with E-state index in [1.165, 1.54) is 12.8 Å². The molecule has 6 heteroatoms. The molecule has 1 aliphatic carbocycles. The summed E-state index contributed by atoms with van der Waals surface area (Å²) in [6.07, 6.45) is 8.61. The van der Waals surface area contributed by atoms with Crippen LogP contribution in [-0.4, -0.2) is 26.0 Å². The van der Waals surface area contributed by atoms with E-state index in [2.05, 4.69) is 20.3 Å². The van der Waals surface area contributed by atoms with Crippen LogP contribution in [0.25, 0.3) is 11.5 Å². The van der Waals surface area contributed by atoms with Gasteiger partial charge in [-0.3, -0.25) is 4.98 Å². The van der Waals surface area contributed by atoms with Crippen LogP contribution in [0.2, 0.25) is 0 Å². The van der Waals surface area contributed by atoms with Crippen LogP contribution >= 0.6 is 0 Å². The van der Waals surface area contributed by atoms with Crippen LogP contribution in [0.15, 0.2) is 42.7 Å². The van der Waals surface area contributed by atoms with Crippen molar-refractivity contribution in [1.82, 2.24) is 19.9 Å². The van der Waals surface area contributed by atoms with Gasteiger partial charge >= 0.3 is 0 Å². The molecule has 3 aromatic heterocycles. The van der Waals surface area contributed by atoms with E-state index in [1.54, 1.807) is 12.4 Å². The quantitative estimate of drug-likeness (QED) is 0.685. The zero-order valence-corrected chi connectivity index (χ0v) is 16.4. The highest BCUT2D eigenvalue weighted by atomic mass is 16.5. The van der Waals surface area contributed by atoms with Gasteiger partial charge in [-0.15, -0.1) is 0 Å². The number of hydrogen-bond acceptors (Lipinski definition) is 6. The molecule has 1 aliphatic rings. The maximum Gasteiger partial charge on any atom is 0.213 e. The lowest BCUT2D eigenvalue weighted by molar-refractivity contribution is 0.201. The Morgan fingerprint density at radius 3 is 2.68 bits per heavy atom. The molecule has 4 rings (SSSR count). The number of anilines is 1. The third kappa shape index (κ3) is 4.27. The predicted octanol–water partition coefficient (Wildman–Crippen LogP) is 4.48. The first-order chi connectivity index (χ1) is 13.7. The first-order valence-corrected chi connectivity index (χ1v) is 9.81. The molecule has 6 nitrogen and oxygen atoms in total. The van der Waals surface area contributed by atoms with Gasteiger partial charge in [0, 0.05) is 36.3 Å². The maximum atomic E-state index is 6.02. The lowest BCUT2D eigenvalue weighted by Crippen LogP contribution is -2.12. The van der Waals surface area contributed by atoms with Crippen molar-refractivity contribution in [2.24, 2.45) is 0 Å². The second kappa shape index (κ2) is 8.33. The topological polar surface area (TPSA) is 72.8 Å². The van der Waals surface area contributed by atoms with E-state index in [0.717, 1.165) is 41.2 Å². The number of nitrogens with zero attached hydrogens (tertiary/aromatic N) is 4. The second-order valence-corrected chi connectivity index (χ2v) is 7.20. The van der Waals surface area contributed by atoms with E-state index in [4.69, 9.17) is 9.72 Å². The van der Waals surface area contributed by atoms with Crippen molar-refractivity contribution in [2.75, 3.05) is 5.32 Å². The van der Waals surface area contributed by atoms with Gasteiger partial charge in [0.25, 0.3) is 0 Å². The number of nitrogens with one attached hydrogen (secondary N) is 1. The molecule has 3 aromatic rings. The van der Waals surface area contributed by atoms with E-state index in [9.17, 15) is 0 Å². The van der Waals surface area contributed by atoms with Gasteiger partial charge in [-0.2, -0.15) is 0 Å². The van der Waals surface area contributed by atoms with Gasteiger partial charge in [0.15, 0.2) is 5.82 Å². The molecule has 0 unspecified atom stereocenters. The highest BCUT2D eigenvalue weighted by Crippen LogP contribution is 2.24. The third-order valence-corrected chi connectivity index (χ3v) is 5.13. The Morgan fingerprint density at radius 1 is 1.04 bits per heavy atom. The fourth-order valence-electron chi connectivity index (χ4n) is 3.40. The number of pyridine rings is 2. The average Bonchev–Trinajstić information content (AvgIpc) is 3.23. The Kier molecular flexibility index (Phi) is 5.46. The zero-order valence-electron chi connectivity index (χ0n) is 16.4. The van der Waals surface area contributed by atoms with E-state index < -0.39 is 0 Å². The predicted molar refractivity (Wildman–Crippen MR) is 109 cm³/mol. The Hall–Kier alpha value is -3.02. The number of rotatable bonds is 6. The first-order valence-electron chi connectivity index (χ1n) is 9.81. The average molecular weight is 375 g/mol. The Labute approximate surface area is 165 Å². The van der Waals surface area contributed by atoms with Crippen molar-refractivity contribution in [3.63, 3.8) is 0 Å². The van der Waals surface area contributed by atoms with E-state index in [1.807, 2.05) is 44.2 Å². The van der Waals surface area contributed by atoms with Gasteiger partial charge < -0.3 is 10.1 Å². The molecular weight excluding hydrogens is 350 g/mol. The van der Waals surface area contributed by atoms with Crippen LogP contribution in [0.4, 0.5) is 5.82 Å². The third-order valence-electron chi connectivity index (χ3n) is 5.13. The SMILES string of the molecule is Cc1nc(-c2ccccn2)nc(NCc2ccnc(OC3CCCC3)c2)c1C. The second-order valence-electron chi connectivity index (χ2n) is 7.20. The van der Waals surface area contributed by atoms with Gasteiger partial charge in [0.2, 0.25) is 5.88 Å². The zero-order chi connectivity index (χ0) is 19.3. The van der Waals surface area contributed by atoms with Gasteiger partial charge in [-0.05, 0) is 63.3 Å². The molecule has 0 aliphatic heterocycles. The van der Waals surface area contributed by atoms with Gasteiger partial charge in [0.1, 0.15) is 17.6 Å². The van der Waals surface area contributed by atoms with E-state index in [-0.39, 0.29) is 0 Å². The Morgan fingerprint density at radius 2 is 1.89 bits per heavy atom. The van der Waals surface area contributed by atoms with Crippen molar-refractivity contribution in [3.05, 3.63) is 59.5 Å². The number of aromatic nitrogens is 4. The van der Waals surface area contributed by atoms with Crippen molar-refractivity contribution >= 4 is 5.82 Å². The van der Waals surface area contributed by atoms with Crippen LogP contribution in [-0.2, 0) is 6.54 Å². The van der Waals surface area contributed by atoms with Gasteiger partial charge in [-0.1, -0.05) is 6.07 Å². The van der Waals surface area contributed by atoms with Crippen molar-refractivity contribution in [1.29, 1.82) is 0 Å². The van der Waals surface area contributed by atoms with Crippen LogP contribution < -0.4 is 10.1 Å². The Balaban J connectivity index is 1.49. The van der Waals surface area contributed by atoms with Crippen molar-refractivity contribution in [3.8, 4) is 17.4 Å². The number of hydrogen-bond donors (Lipinski definition) is 1. The molecule has 28 heavy (non-hydrogen) atoms. The maximum absolute atomic E-state index is 6.02. The minimum Gasteiger partial charge on any atom is -0.474 e. The van der Waals surface area contributed by atoms with Crippen LogP contribution in [0.3, 0.4) is 0 Å². The smallest absolute Gasteiger partial charge is 0.213 e. The molecule has 0 spiro atoms. The molecule has 0 radical (unpaired) electrons. The molecule has 1 saturated carbocycles. The first kappa shape index (κ1) is 18.3. The monoisotopic (exact) mass is 375 g/mol. The lowest BCUT2D eigenvalue weighted by atomic mass is 10.2. The summed E-state index contributed by atoms with van der Waals surface area (Å²) < 4.78 is 6.02. The highest BCUT2D eigenvalue weighted by Gasteiger charge is 2.17. The summed E-state index contributed by atoms with van der Waals surface area (Å²) in [7, 11) is 0. The summed E-state index contributed by atoms with van der Waals surface area (Å²) in [6, 6.07) is 9.75. The summed E-state index contributed by atoms with van der Waals surface area (Å²) in [6.45, 7) is 4.66. The van der Waals surface area contributed by atoms with E-state index in [0.29, 0.717) is 24.4 Å². The minimum absolute atomic E-state index is 0.309. The summed E-state index contributed by atoms with van der Waals surface area (Å²) in [4.78, 5) is 18.0. The number of ether oxygens (including phenoxy) is 1. The normalized spacial score (nSPS) is 14.2. The molecule has 0 saturated heterocycles. The summed E-state index contributed by atoms with van der Waals surface area (Å²) in [5, 5.41) is 3.44. The standard InChI is InChI=1S/C22H25N5O/c1-15-16(2)26-22(19-9-5-6-11-23-19)27-21(15)25-14-17-10-12-24-20(13-17)28-18-7-3-4-8-18/h5-6,9-13,18H,3-4,7-8,14H2,1-2H3,(H,25,26,27). The molecule has 0 amide bonds. The summed E-state index contributed by atoms with van der Waals surface area (Å²) in [5.41, 5.74) is 3.86.